The molecule has 1 aliphatic rings. The molecular weight excluding hydrogens is 260 g/mol. The predicted molar refractivity (Wildman–Crippen MR) is 70.1 cm³/mol. The van der Waals surface area contributed by atoms with Crippen LogP contribution in [0.2, 0.25) is 0 Å². The highest BCUT2D eigenvalue weighted by molar-refractivity contribution is 5.97. The number of hydrogen-bond donors (Lipinski definition) is 1. The highest BCUT2D eigenvalue weighted by Gasteiger charge is 2.27. The third kappa shape index (κ3) is 1.98. The normalized spacial score (nSPS) is 16.1. The van der Waals surface area contributed by atoms with Crippen molar-refractivity contribution in [3.63, 3.8) is 0 Å². The monoisotopic (exact) mass is 274 g/mol. The molecule has 3 heterocycles. The van der Waals surface area contributed by atoms with Gasteiger partial charge in [0.2, 0.25) is 11.8 Å². The maximum absolute atomic E-state index is 11.8. The van der Waals surface area contributed by atoms with Gasteiger partial charge in [0.25, 0.3) is 0 Å². The van der Waals surface area contributed by atoms with E-state index in [1.807, 2.05) is 0 Å². The molecule has 0 unspecified atom stereocenters. The fourth-order valence-electron chi connectivity index (χ4n) is 2.28. The van der Waals surface area contributed by atoms with Crippen molar-refractivity contribution in [2.45, 2.75) is 25.8 Å². The van der Waals surface area contributed by atoms with Gasteiger partial charge in [0.1, 0.15) is 5.82 Å². The fraction of sp³-hybridized carbons (Fsp3) is 0.417. The van der Waals surface area contributed by atoms with E-state index >= 15 is 0 Å². The smallest absolute Gasteiger partial charge is 0.229 e. The second-order valence-corrected chi connectivity index (χ2v) is 4.76. The van der Waals surface area contributed by atoms with Crippen LogP contribution in [0.3, 0.4) is 0 Å². The molecule has 104 valence electrons. The number of anilines is 1. The number of aryl methyl sites for hydroxylation is 1. The Bertz CT molecular complexity index is 691. The number of carbonyl (C=O) groups is 2. The first-order valence-electron chi connectivity index (χ1n) is 6.33. The van der Waals surface area contributed by atoms with Gasteiger partial charge in [-0.05, 0) is 6.42 Å². The van der Waals surface area contributed by atoms with Gasteiger partial charge in [-0.25, -0.2) is 9.97 Å². The van der Waals surface area contributed by atoms with Crippen LogP contribution in [0.1, 0.15) is 25.1 Å². The highest BCUT2D eigenvalue weighted by atomic mass is 16.2. The number of imide groups is 1. The summed E-state index contributed by atoms with van der Waals surface area (Å²) in [6.07, 6.45) is 2.97. The largest absolute Gasteiger partial charge is 0.383 e. The maximum Gasteiger partial charge on any atom is 0.229 e. The van der Waals surface area contributed by atoms with Crippen molar-refractivity contribution in [1.29, 1.82) is 0 Å². The lowest BCUT2D eigenvalue weighted by molar-refractivity contribution is -0.148. The van der Waals surface area contributed by atoms with Crippen LogP contribution >= 0.6 is 0 Å². The van der Waals surface area contributed by atoms with E-state index in [4.69, 9.17) is 5.73 Å². The van der Waals surface area contributed by atoms with Crippen LogP contribution in [0.25, 0.3) is 11.0 Å². The predicted octanol–water partition coefficient (Wildman–Crippen LogP) is -0.0154. The average molecular weight is 274 g/mol. The number of nitrogen functional groups attached to an aromatic ring is 1. The summed E-state index contributed by atoms with van der Waals surface area (Å²) in [5.74, 6) is 0.277. The zero-order chi connectivity index (χ0) is 14.3. The van der Waals surface area contributed by atoms with E-state index in [2.05, 4.69) is 15.1 Å². The molecule has 2 amide bonds. The van der Waals surface area contributed by atoms with Crippen LogP contribution in [0.4, 0.5) is 5.82 Å². The maximum atomic E-state index is 11.8. The Morgan fingerprint density at radius 2 is 1.95 bits per heavy atom. The average Bonchev–Trinajstić information content (AvgIpc) is 2.77. The SMILES string of the molecule is Cn1ncc2c(N)nc(CN3C(=O)CCCC3=O)nc21. The summed E-state index contributed by atoms with van der Waals surface area (Å²) in [5.41, 5.74) is 6.44. The lowest BCUT2D eigenvalue weighted by Gasteiger charge is -2.24. The van der Waals surface area contributed by atoms with Gasteiger partial charge in [-0.15, -0.1) is 0 Å². The third-order valence-corrected chi connectivity index (χ3v) is 3.35. The number of aromatic nitrogens is 4. The van der Waals surface area contributed by atoms with Crippen molar-refractivity contribution in [3.8, 4) is 0 Å². The molecule has 2 aromatic rings. The molecule has 2 aromatic heterocycles. The molecule has 1 aliphatic heterocycles. The van der Waals surface area contributed by atoms with E-state index in [9.17, 15) is 9.59 Å². The van der Waals surface area contributed by atoms with E-state index in [-0.39, 0.29) is 18.4 Å². The molecular formula is C12H14N6O2. The summed E-state index contributed by atoms with van der Waals surface area (Å²) >= 11 is 0. The summed E-state index contributed by atoms with van der Waals surface area (Å²) in [7, 11) is 1.75. The summed E-state index contributed by atoms with van der Waals surface area (Å²) in [4.78, 5) is 33.2. The van der Waals surface area contributed by atoms with Crippen LogP contribution in [0, 0.1) is 0 Å². The molecule has 0 radical (unpaired) electrons. The number of nitrogens with two attached hydrogens (primary N) is 1. The van der Waals surface area contributed by atoms with Crippen LogP contribution < -0.4 is 5.73 Å². The van der Waals surface area contributed by atoms with Gasteiger partial charge in [0.05, 0.1) is 18.1 Å². The summed E-state index contributed by atoms with van der Waals surface area (Å²) in [5, 5.41) is 4.72. The summed E-state index contributed by atoms with van der Waals surface area (Å²) in [6, 6.07) is 0. The number of rotatable bonds is 2. The van der Waals surface area contributed by atoms with E-state index in [0.29, 0.717) is 41.9 Å². The quantitative estimate of drug-likeness (QED) is 0.771. The molecule has 0 bridgehead atoms. The van der Waals surface area contributed by atoms with Crippen molar-refractivity contribution < 1.29 is 9.59 Å². The van der Waals surface area contributed by atoms with Gasteiger partial charge in [-0.2, -0.15) is 5.10 Å². The molecule has 2 N–H and O–H groups in total. The Morgan fingerprint density at radius 1 is 1.25 bits per heavy atom. The lowest BCUT2D eigenvalue weighted by Crippen LogP contribution is -2.39. The van der Waals surface area contributed by atoms with Gasteiger partial charge in [-0.1, -0.05) is 0 Å². The number of piperidine rings is 1. The standard InChI is InChI=1S/C12H14N6O2/c1-17-12-7(5-14-17)11(13)15-8(16-12)6-18-9(19)3-2-4-10(18)20/h5H,2-4,6H2,1H3,(H2,13,15,16). The molecule has 0 aromatic carbocycles. The lowest BCUT2D eigenvalue weighted by atomic mass is 10.1. The van der Waals surface area contributed by atoms with E-state index in [0.717, 1.165) is 0 Å². The first kappa shape index (κ1) is 12.5. The van der Waals surface area contributed by atoms with Gasteiger partial charge in [0.15, 0.2) is 11.5 Å². The first-order valence-corrected chi connectivity index (χ1v) is 6.33. The molecule has 8 nitrogen and oxygen atoms in total. The number of amides is 2. The molecule has 1 fully saturated rings. The second kappa shape index (κ2) is 4.55. The van der Waals surface area contributed by atoms with Crippen molar-refractivity contribution in [3.05, 3.63) is 12.0 Å². The number of likely N-dealkylation sites (tertiary alicyclic amines) is 1. The first-order chi connectivity index (χ1) is 9.56. The van der Waals surface area contributed by atoms with E-state index in [1.165, 1.54) is 4.90 Å². The van der Waals surface area contributed by atoms with Crippen LogP contribution in [0.15, 0.2) is 6.20 Å². The minimum Gasteiger partial charge on any atom is -0.383 e. The topological polar surface area (TPSA) is 107 Å². The summed E-state index contributed by atoms with van der Waals surface area (Å²) < 4.78 is 1.58. The van der Waals surface area contributed by atoms with Crippen molar-refractivity contribution in [2.24, 2.45) is 7.05 Å². The zero-order valence-electron chi connectivity index (χ0n) is 11.0. The molecule has 0 aliphatic carbocycles. The van der Waals surface area contributed by atoms with E-state index < -0.39 is 0 Å². The molecule has 0 saturated carbocycles. The number of fused-ring (bicyclic) bond motifs is 1. The number of hydrogen-bond acceptors (Lipinski definition) is 6. The van der Waals surface area contributed by atoms with Crippen LogP contribution in [-0.4, -0.2) is 36.5 Å². The van der Waals surface area contributed by atoms with Crippen molar-refractivity contribution >= 4 is 28.7 Å². The second-order valence-electron chi connectivity index (χ2n) is 4.76. The minimum atomic E-state index is -0.187. The molecule has 1 saturated heterocycles. The van der Waals surface area contributed by atoms with Crippen molar-refractivity contribution in [1.82, 2.24) is 24.6 Å². The molecule has 8 heteroatoms. The third-order valence-electron chi connectivity index (χ3n) is 3.35. The van der Waals surface area contributed by atoms with Gasteiger partial charge < -0.3 is 5.73 Å². The zero-order valence-corrected chi connectivity index (χ0v) is 11.0. The highest BCUT2D eigenvalue weighted by Crippen LogP contribution is 2.19. The van der Waals surface area contributed by atoms with Crippen molar-refractivity contribution in [2.75, 3.05) is 5.73 Å². The Labute approximate surface area is 114 Å². The number of carbonyl (C=O) groups excluding carboxylic acids is 2. The fourth-order valence-corrected chi connectivity index (χ4v) is 2.28. The van der Waals surface area contributed by atoms with Crippen LogP contribution in [0.5, 0.6) is 0 Å². The Hall–Kier alpha value is -2.51. The number of nitrogens with zero attached hydrogens (tertiary/aromatic N) is 5. The molecule has 3 rings (SSSR count). The molecule has 0 atom stereocenters. The molecule has 20 heavy (non-hydrogen) atoms. The van der Waals surface area contributed by atoms with Gasteiger partial charge in [-0.3, -0.25) is 19.2 Å². The molecule has 0 spiro atoms. The summed E-state index contributed by atoms with van der Waals surface area (Å²) in [6.45, 7) is 0.0585. The van der Waals surface area contributed by atoms with E-state index in [1.54, 1.807) is 17.9 Å². The van der Waals surface area contributed by atoms with Crippen LogP contribution in [-0.2, 0) is 23.2 Å². The minimum absolute atomic E-state index is 0.0585. The van der Waals surface area contributed by atoms with Gasteiger partial charge >= 0.3 is 0 Å². The Kier molecular flexibility index (Phi) is 2.85. The Balaban J connectivity index is 1.96. The Morgan fingerprint density at radius 3 is 2.65 bits per heavy atom. The van der Waals surface area contributed by atoms with Gasteiger partial charge in [0, 0.05) is 19.9 Å².